The maximum Gasteiger partial charge on any atom is 0.331 e. The number of amides is 2. The summed E-state index contributed by atoms with van der Waals surface area (Å²) in [5.74, 6) is -1.26. The molecule has 0 bridgehead atoms. The number of hydrogen-bond donors (Lipinski definition) is 1. The van der Waals surface area contributed by atoms with E-state index in [1.807, 2.05) is 60.7 Å². The topological polar surface area (TPSA) is 84.9 Å². The highest BCUT2D eigenvalue weighted by Gasteiger charge is 2.38. The van der Waals surface area contributed by atoms with Crippen molar-refractivity contribution in [1.82, 2.24) is 10.2 Å². The first-order valence-electron chi connectivity index (χ1n) is 11.8. The number of ether oxygens (including phenoxy) is 2. The Morgan fingerprint density at radius 1 is 1.11 bits per heavy atom. The average molecular weight is 477 g/mol. The van der Waals surface area contributed by atoms with Gasteiger partial charge in [0.25, 0.3) is 0 Å². The zero-order valence-corrected chi connectivity index (χ0v) is 20.0. The summed E-state index contributed by atoms with van der Waals surface area (Å²) >= 11 is 0. The fourth-order valence-corrected chi connectivity index (χ4v) is 4.07. The molecule has 7 heteroatoms. The van der Waals surface area contributed by atoms with Crippen LogP contribution in [0.1, 0.15) is 37.0 Å². The molecule has 35 heavy (non-hydrogen) atoms. The molecular formula is C28H32N2O5. The molecule has 0 spiro atoms. The molecular weight excluding hydrogens is 444 g/mol. The Bertz CT molecular complexity index is 1020. The number of benzene rings is 2. The van der Waals surface area contributed by atoms with Crippen LogP contribution in [0.5, 0.6) is 0 Å². The SMILES string of the molecule is C=CCO[C@@H](c1ccccc1)[C@H](NC(=O)[C@@H]1CCCN1C(=O)/C=C/c1ccccc1)C(=O)OCC. The van der Waals surface area contributed by atoms with Crippen LogP contribution in [0.25, 0.3) is 6.08 Å². The van der Waals surface area contributed by atoms with Gasteiger partial charge in [-0.15, -0.1) is 6.58 Å². The number of likely N-dealkylation sites (tertiary alicyclic amines) is 1. The predicted molar refractivity (Wildman–Crippen MR) is 134 cm³/mol. The highest BCUT2D eigenvalue weighted by molar-refractivity contribution is 5.97. The van der Waals surface area contributed by atoms with Gasteiger partial charge in [-0.3, -0.25) is 9.59 Å². The molecule has 2 amide bonds. The second-order valence-corrected chi connectivity index (χ2v) is 8.13. The van der Waals surface area contributed by atoms with E-state index < -0.39 is 30.1 Å². The van der Waals surface area contributed by atoms with Crippen molar-refractivity contribution in [3.63, 3.8) is 0 Å². The van der Waals surface area contributed by atoms with Crippen molar-refractivity contribution in [1.29, 1.82) is 0 Å². The summed E-state index contributed by atoms with van der Waals surface area (Å²) in [7, 11) is 0. The lowest BCUT2D eigenvalue weighted by Crippen LogP contribution is -2.53. The van der Waals surface area contributed by atoms with Gasteiger partial charge in [0.05, 0.1) is 13.2 Å². The van der Waals surface area contributed by atoms with Crippen molar-refractivity contribution in [3.05, 3.63) is 90.5 Å². The zero-order valence-electron chi connectivity index (χ0n) is 20.0. The summed E-state index contributed by atoms with van der Waals surface area (Å²) in [4.78, 5) is 40.7. The molecule has 0 aromatic heterocycles. The standard InChI is InChI=1S/C28H32N2O5/c1-3-20-35-26(22-14-9-6-10-15-22)25(28(33)34-4-2)29-27(32)23-16-11-19-30(23)24(31)18-17-21-12-7-5-8-13-21/h3,5-10,12-15,17-18,23,25-26H,1,4,11,16,19-20H2,2H3,(H,29,32)/b18-17+/t23-,25-,26-/m0/s1. The normalized spacial score (nSPS) is 17.1. The molecule has 0 unspecified atom stereocenters. The molecule has 1 saturated heterocycles. The van der Waals surface area contributed by atoms with Crippen LogP contribution in [0.3, 0.4) is 0 Å². The first kappa shape index (κ1) is 25.9. The van der Waals surface area contributed by atoms with E-state index in [1.54, 1.807) is 24.0 Å². The number of hydrogen-bond acceptors (Lipinski definition) is 5. The summed E-state index contributed by atoms with van der Waals surface area (Å²) in [5.41, 5.74) is 1.62. The highest BCUT2D eigenvalue weighted by atomic mass is 16.5. The van der Waals surface area contributed by atoms with Gasteiger partial charge in [0, 0.05) is 12.6 Å². The van der Waals surface area contributed by atoms with Gasteiger partial charge in [0.2, 0.25) is 11.8 Å². The van der Waals surface area contributed by atoms with Gasteiger partial charge < -0.3 is 19.7 Å². The van der Waals surface area contributed by atoms with Gasteiger partial charge in [0.15, 0.2) is 6.04 Å². The molecule has 0 aliphatic carbocycles. The van der Waals surface area contributed by atoms with Gasteiger partial charge in [-0.2, -0.15) is 0 Å². The number of esters is 1. The molecule has 1 heterocycles. The van der Waals surface area contributed by atoms with Crippen molar-refractivity contribution in [2.75, 3.05) is 19.8 Å². The molecule has 7 nitrogen and oxygen atoms in total. The van der Waals surface area contributed by atoms with E-state index in [9.17, 15) is 14.4 Å². The minimum absolute atomic E-state index is 0.159. The Kier molecular flexibility index (Phi) is 9.80. The van der Waals surface area contributed by atoms with Crippen LogP contribution in [-0.4, -0.2) is 54.5 Å². The monoisotopic (exact) mass is 476 g/mol. The fourth-order valence-electron chi connectivity index (χ4n) is 4.07. The van der Waals surface area contributed by atoms with Gasteiger partial charge in [-0.1, -0.05) is 66.7 Å². The van der Waals surface area contributed by atoms with Crippen molar-refractivity contribution >= 4 is 23.9 Å². The second-order valence-electron chi connectivity index (χ2n) is 8.13. The van der Waals surface area contributed by atoms with Gasteiger partial charge in [-0.25, -0.2) is 4.79 Å². The van der Waals surface area contributed by atoms with Crippen LogP contribution in [0.4, 0.5) is 0 Å². The maximum absolute atomic E-state index is 13.4. The third kappa shape index (κ3) is 7.13. The van der Waals surface area contributed by atoms with E-state index in [0.29, 0.717) is 19.4 Å². The van der Waals surface area contributed by atoms with Gasteiger partial charge >= 0.3 is 5.97 Å². The van der Waals surface area contributed by atoms with Crippen LogP contribution in [0.2, 0.25) is 0 Å². The Hall–Kier alpha value is -3.71. The van der Waals surface area contributed by atoms with Gasteiger partial charge in [0.1, 0.15) is 12.1 Å². The maximum atomic E-state index is 13.4. The van der Waals surface area contributed by atoms with E-state index in [-0.39, 0.29) is 19.1 Å². The number of nitrogens with one attached hydrogen (secondary N) is 1. The molecule has 0 saturated carbocycles. The van der Waals surface area contributed by atoms with E-state index in [2.05, 4.69) is 11.9 Å². The van der Waals surface area contributed by atoms with Crippen LogP contribution in [0.15, 0.2) is 79.4 Å². The smallest absolute Gasteiger partial charge is 0.331 e. The number of carbonyl (C=O) groups excluding carboxylic acids is 3. The fraction of sp³-hybridized carbons (Fsp3) is 0.321. The molecule has 1 fully saturated rings. The van der Waals surface area contributed by atoms with Gasteiger partial charge in [-0.05, 0) is 37.0 Å². The summed E-state index contributed by atoms with van der Waals surface area (Å²) in [6, 6.07) is 16.9. The number of carbonyl (C=O) groups is 3. The molecule has 3 atom stereocenters. The largest absolute Gasteiger partial charge is 0.464 e. The lowest BCUT2D eigenvalue weighted by atomic mass is 10.0. The third-order valence-corrected chi connectivity index (χ3v) is 5.72. The second kappa shape index (κ2) is 13.2. The minimum Gasteiger partial charge on any atom is -0.464 e. The van der Waals surface area contributed by atoms with Crippen LogP contribution in [0, 0.1) is 0 Å². The Morgan fingerprint density at radius 3 is 2.46 bits per heavy atom. The van der Waals surface area contributed by atoms with Crippen LogP contribution in [-0.2, 0) is 23.9 Å². The lowest BCUT2D eigenvalue weighted by Gasteiger charge is -2.29. The molecule has 0 radical (unpaired) electrons. The summed E-state index contributed by atoms with van der Waals surface area (Å²) in [5, 5.41) is 2.82. The Labute approximate surface area is 206 Å². The highest BCUT2D eigenvalue weighted by Crippen LogP contribution is 2.24. The van der Waals surface area contributed by atoms with Crippen molar-refractivity contribution in [2.45, 2.75) is 38.0 Å². The molecule has 184 valence electrons. The van der Waals surface area contributed by atoms with E-state index >= 15 is 0 Å². The van der Waals surface area contributed by atoms with Crippen molar-refractivity contribution in [3.8, 4) is 0 Å². The van der Waals surface area contributed by atoms with Crippen LogP contribution >= 0.6 is 0 Å². The Morgan fingerprint density at radius 2 is 1.80 bits per heavy atom. The average Bonchev–Trinajstić information content (AvgIpc) is 3.38. The van der Waals surface area contributed by atoms with E-state index in [4.69, 9.17) is 9.47 Å². The summed E-state index contributed by atoms with van der Waals surface area (Å²) in [6.07, 6.45) is 5.21. The third-order valence-electron chi connectivity index (χ3n) is 5.72. The number of nitrogens with zero attached hydrogens (tertiary/aromatic N) is 1. The molecule has 3 rings (SSSR count). The molecule has 2 aromatic rings. The lowest BCUT2D eigenvalue weighted by molar-refractivity contribution is -0.153. The molecule has 2 aromatic carbocycles. The Balaban J connectivity index is 1.79. The predicted octanol–water partition coefficient (Wildman–Crippen LogP) is 3.68. The number of rotatable bonds is 11. The summed E-state index contributed by atoms with van der Waals surface area (Å²) < 4.78 is 11.2. The first-order chi connectivity index (χ1) is 17.0. The molecule has 1 aliphatic rings. The van der Waals surface area contributed by atoms with Crippen molar-refractivity contribution < 1.29 is 23.9 Å². The van der Waals surface area contributed by atoms with E-state index in [0.717, 1.165) is 11.1 Å². The van der Waals surface area contributed by atoms with Crippen molar-refractivity contribution in [2.24, 2.45) is 0 Å². The molecule has 1 aliphatic heterocycles. The zero-order chi connectivity index (χ0) is 25.0. The van der Waals surface area contributed by atoms with Crippen LogP contribution < -0.4 is 5.32 Å². The minimum atomic E-state index is -1.08. The van der Waals surface area contributed by atoms with E-state index in [1.165, 1.54) is 6.08 Å². The summed E-state index contributed by atoms with van der Waals surface area (Å²) in [6.45, 7) is 6.19. The quantitative estimate of drug-likeness (QED) is 0.304. The first-order valence-corrected chi connectivity index (χ1v) is 11.8. The molecule has 1 N–H and O–H groups in total.